The first kappa shape index (κ1) is 31.2. The minimum absolute atomic E-state index is 0.359. The van der Waals surface area contributed by atoms with Crippen LogP contribution in [0.4, 0.5) is 30.0 Å². The molecule has 0 aliphatic carbocycles. The molecule has 194 valence electrons. The molecule has 0 saturated heterocycles. The Labute approximate surface area is 192 Å². The van der Waals surface area contributed by atoms with Crippen molar-refractivity contribution in [3.8, 4) is 0 Å². The second kappa shape index (κ2) is 10.6. The van der Waals surface area contributed by atoms with Gasteiger partial charge in [0.1, 0.15) is 0 Å². The van der Waals surface area contributed by atoms with E-state index >= 15 is 0 Å². The van der Waals surface area contributed by atoms with Crippen LogP contribution in [0.3, 0.4) is 0 Å². The van der Waals surface area contributed by atoms with E-state index in [9.17, 15) is 30.0 Å². The number of carbonyl (C=O) groups excluding carboxylic acids is 1. The quantitative estimate of drug-likeness (QED) is 0.150. The van der Waals surface area contributed by atoms with E-state index in [1.165, 1.54) is 19.4 Å². The number of carbonyl (C=O) groups is 1. The molecule has 0 heterocycles. The number of alkyl carbamates (subject to hydrolysis) is 1. The summed E-state index contributed by atoms with van der Waals surface area (Å²) in [6, 6.07) is 8.10. The first-order valence-electron chi connectivity index (χ1n) is 10.5. The molecule has 0 fully saturated rings. The van der Waals surface area contributed by atoms with E-state index < -0.39 is 13.3 Å². The van der Waals surface area contributed by atoms with Gasteiger partial charge in [-0.25, -0.2) is 4.79 Å². The van der Waals surface area contributed by atoms with Crippen LogP contribution >= 0.6 is 7.81 Å². The molecule has 0 aliphatic rings. The summed E-state index contributed by atoms with van der Waals surface area (Å²) < 4.78 is 65.5. The summed E-state index contributed by atoms with van der Waals surface area (Å²) in [7, 11) is -4.03. The summed E-state index contributed by atoms with van der Waals surface area (Å²) in [6.07, 6.45) is 4.04. The first-order chi connectivity index (χ1) is 14.5. The van der Waals surface area contributed by atoms with Crippen molar-refractivity contribution in [1.82, 2.24) is 5.32 Å². The molecule has 0 unspecified atom stereocenters. The molecule has 33 heavy (non-hydrogen) atoms. The average Bonchev–Trinajstić information content (AvgIpc) is 2.57. The summed E-state index contributed by atoms with van der Waals surface area (Å²) in [4.78, 5) is 12.1. The fourth-order valence-electron chi connectivity index (χ4n) is 2.74. The third kappa shape index (κ3) is 20.5. The summed E-state index contributed by atoms with van der Waals surface area (Å²) in [5, 5.41) is 2.97. The predicted molar refractivity (Wildman–Crippen MR) is 124 cm³/mol. The zero-order chi connectivity index (χ0) is 26.2. The second-order valence-corrected chi connectivity index (χ2v) is 11.6. The van der Waals surface area contributed by atoms with Gasteiger partial charge in [0.15, 0.2) is 0 Å². The van der Waals surface area contributed by atoms with E-state index in [0.717, 1.165) is 34.0 Å². The number of ether oxygens (including phenoxy) is 1. The van der Waals surface area contributed by atoms with Crippen LogP contribution in [0, 0.1) is 0 Å². The molecule has 1 amide bonds. The number of benzene rings is 1. The molecule has 0 aromatic heterocycles. The standard InChI is InChI=1S/C22H36N2O2.F6P/c1-18(2)19-13-12-14-20(17-19)22(3,4)23-21(25)26-16-11-9-8-10-15-24(5,6)7;1-7(2,3,4,5)6/h12-14,17H,1,8-11,15-16H2,2-7H3;/q;-1/p+1. The molecule has 1 rings (SSSR count). The topological polar surface area (TPSA) is 38.3 Å². The van der Waals surface area contributed by atoms with Crippen LogP contribution < -0.4 is 5.32 Å². The molecule has 0 radical (unpaired) electrons. The van der Waals surface area contributed by atoms with Gasteiger partial charge in [-0.15, -0.1) is 0 Å². The number of amides is 1. The van der Waals surface area contributed by atoms with Crippen LogP contribution in [0.5, 0.6) is 0 Å². The molecule has 4 nitrogen and oxygen atoms in total. The Kier molecular flexibility index (Phi) is 10.1. The van der Waals surface area contributed by atoms with Gasteiger partial charge in [-0.1, -0.05) is 30.4 Å². The van der Waals surface area contributed by atoms with Crippen molar-refractivity contribution in [2.45, 2.75) is 52.0 Å². The van der Waals surface area contributed by atoms with E-state index in [1.807, 2.05) is 39.0 Å². The van der Waals surface area contributed by atoms with Crippen LogP contribution in [0.2, 0.25) is 0 Å². The fraction of sp³-hybridized carbons (Fsp3) is 0.591. The number of hydrogen-bond donors (Lipinski definition) is 1. The van der Waals surface area contributed by atoms with Crippen LogP contribution in [0.25, 0.3) is 5.57 Å². The normalized spacial score (nSPS) is 14.3. The van der Waals surface area contributed by atoms with Gasteiger partial charge >= 0.3 is 39.1 Å². The minimum atomic E-state index is -10.7. The van der Waals surface area contributed by atoms with Crippen molar-refractivity contribution in [2.24, 2.45) is 0 Å². The third-order valence-electron chi connectivity index (χ3n) is 4.45. The van der Waals surface area contributed by atoms with E-state index in [4.69, 9.17) is 4.74 Å². The van der Waals surface area contributed by atoms with Gasteiger partial charge in [-0.3, -0.25) is 0 Å². The van der Waals surface area contributed by atoms with E-state index in [0.29, 0.717) is 6.61 Å². The molecule has 1 aromatic rings. The number of nitrogens with zero attached hydrogens (tertiary/aromatic N) is 1. The van der Waals surface area contributed by atoms with Gasteiger partial charge in [0, 0.05) is 0 Å². The molecule has 0 aliphatic heterocycles. The summed E-state index contributed by atoms with van der Waals surface area (Å²) in [6.45, 7) is 11.6. The molecule has 1 N–H and O–H groups in total. The maximum absolute atomic E-state index is 12.1. The molecule has 0 spiro atoms. The van der Waals surface area contributed by atoms with Crippen molar-refractivity contribution in [3.05, 3.63) is 42.0 Å². The fourth-order valence-corrected chi connectivity index (χ4v) is 2.74. The number of hydrogen-bond acceptors (Lipinski definition) is 2. The van der Waals surface area contributed by atoms with Gasteiger partial charge in [0.25, 0.3) is 0 Å². The van der Waals surface area contributed by atoms with Gasteiger partial charge < -0.3 is 14.5 Å². The Morgan fingerprint density at radius 3 is 2.03 bits per heavy atom. The molecule has 0 bridgehead atoms. The molecular formula is C22H37F6N2O2P. The number of halogens is 6. The first-order valence-corrected chi connectivity index (χ1v) is 12.6. The van der Waals surface area contributed by atoms with Crippen LogP contribution in [0.1, 0.15) is 57.6 Å². The molecule has 0 saturated carbocycles. The van der Waals surface area contributed by atoms with Gasteiger partial charge in [-0.05, 0) is 63.6 Å². The van der Waals surface area contributed by atoms with Gasteiger partial charge in [-0.2, -0.15) is 0 Å². The molecule has 11 heteroatoms. The number of nitrogens with one attached hydrogen (secondary N) is 1. The van der Waals surface area contributed by atoms with Crippen molar-refractivity contribution in [3.63, 3.8) is 0 Å². The Balaban J connectivity index is 0.00000126. The zero-order valence-electron chi connectivity index (χ0n) is 20.2. The van der Waals surface area contributed by atoms with E-state index in [2.05, 4.69) is 39.1 Å². The monoisotopic (exact) mass is 506 g/mol. The maximum atomic E-state index is 12.1. The van der Waals surface area contributed by atoms with Crippen LogP contribution in [-0.4, -0.2) is 44.9 Å². The number of rotatable bonds is 10. The van der Waals surface area contributed by atoms with Crippen molar-refractivity contribution in [2.75, 3.05) is 34.3 Å². The van der Waals surface area contributed by atoms with Gasteiger partial charge in [0.2, 0.25) is 0 Å². The Morgan fingerprint density at radius 2 is 1.55 bits per heavy atom. The van der Waals surface area contributed by atoms with Crippen LogP contribution in [-0.2, 0) is 10.3 Å². The summed E-state index contributed by atoms with van der Waals surface area (Å²) >= 11 is 0. The predicted octanol–water partition coefficient (Wildman–Crippen LogP) is 8.33. The molecule has 1 aromatic carbocycles. The number of quaternary nitrogens is 1. The summed E-state index contributed by atoms with van der Waals surface area (Å²) in [5.74, 6) is 0. The van der Waals surface area contributed by atoms with Crippen molar-refractivity contribution in [1.29, 1.82) is 0 Å². The van der Waals surface area contributed by atoms with E-state index in [-0.39, 0.29) is 6.09 Å². The number of unbranched alkanes of at least 4 members (excludes halogenated alkanes) is 3. The second-order valence-electron chi connectivity index (χ2n) is 9.63. The average molecular weight is 507 g/mol. The van der Waals surface area contributed by atoms with Gasteiger partial charge in [0.05, 0.1) is 39.8 Å². The molecular weight excluding hydrogens is 469 g/mol. The Bertz CT molecular complexity index is 792. The summed E-state index contributed by atoms with van der Waals surface area (Å²) in [5.41, 5.74) is 2.64. The van der Waals surface area contributed by atoms with Crippen LogP contribution in [0.15, 0.2) is 30.8 Å². The van der Waals surface area contributed by atoms with E-state index in [1.54, 1.807) is 0 Å². The molecule has 0 atom stereocenters. The zero-order valence-corrected chi connectivity index (χ0v) is 21.1. The Hall–Kier alpha value is -1.80. The SMILES string of the molecule is C=C(C)c1cccc(C(C)(C)NC(=O)OCCCCCC[N+](C)(C)C)c1.F[P-](F)(F)(F)(F)F. The van der Waals surface area contributed by atoms with Crippen molar-refractivity contribution >= 4 is 19.5 Å². The number of allylic oxidation sites excluding steroid dienone is 1. The third-order valence-corrected chi connectivity index (χ3v) is 4.45. The Morgan fingerprint density at radius 1 is 1.03 bits per heavy atom. The van der Waals surface area contributed by atoms with Crippen molar-refractivity contribution < 1.29 is 39.2 Å².